The van der Waals surface area contributed by atoms with E-state index in [1.807, 2.05) is 42.5 Å². The number of amides is 1. The van der Waals surface area contributed by atoms with Crippen LogP contribution in [0.1, 0.15) is 5.56 Å². The molecule has 0 aliphatic carbocycles. The Labute approximate surface area is 265 Å². The van der Waals surface area contributed by atoms with Crippen LogP contribution in [0, 0.1) is 0 Å². The van der Waals surface area contributed by atoms with E-state index < -0.39 is 11.9 Å². The Kier molecular flexibility index (Phi) is 9.08. The lowest BCUT2D eigenvalue weighted by Gasteiger charge is -2.37. The zero-order valence-electron chi connectivity index (χ0n) is 24.1. The number of nitrogens with one attached hydrogen (secondary N) is 1. The smallest absolute Gasteiger partial charge is 0.411 e. The Morgan fingerprint density at radius 1 is 1.00 bits per heavy atom. The summed E-state index contributed by atoms with van der Waals surface area (Å²) in [6.07, 6.45) is 2.25. The van der Waals surface area contributed by atoms with E-state index in [0.717, 1.165) is 43.3 Å². The minimum absolute atomic E-state index is 0.269. The first kappa shape index (κ1) is 30.0. The summed E-state index contributed by atoms with van der Waals surface area (Å²) in [5, 5.41) is 7.87. The Balaban J connectivity index is 1.02. The van der Waals surface area contributed by atoms with Crippen LogP contribution in [0.4, 0.5) is 21.9 Å². The number of benzene rings is 3. The predicted molar refractivity (Wildman–Crippen MR) is 168 cm³/mol. The Morgan fingerprint density at radius 2 is 1.68 bits per heavy atom. The summed E-state index contributed by atoms with van der Waals surface area (Å²) in [6, 6.07) is 21.1. The molecule has 13 heteroatoms. The van der Waals surface area contributed by atoms with Gasteiger partial charge in [-0.2, -0.15) is 5.10 Å². The van der Waals surface area contributed by atoms with Crippen molar-refractivity contribution >= 4 is 46.4 Å². The molecule has 2 aliphatic heterocycles. The van der Waals surface area contributed by atoms with Gasteiger partial charge in [0.1, 0.15) is 37.7 Å². The molecule has 6 rings (SSSR count). The molecule has 2 fully saturated rings. The monoisotopic (exact) mass is 638 g/mol. The molecule has 4 aromatic rings. The van der Waals surface area contributed by atoms with Crippen molar-refractivity contribution in [3.8, 4) is 5.75 Å². The van der Waals surface area contributed by atoms with Crippen LogP contribution < -0.4 is 19.9 Å². The fourth-order valence-electron chi connectivity index (χ4n) is 5.37. The quantitative estimate of drug-likeness (QED) is 0.257. The molecule has 0 radical (unpaired) electrons. The molecule has 0 saturated carbocycles. The summed E-state index contributed by atoms with van der Waals surface area (Å²) in [5.74, 6) is -0.410. The van der Waals surface area contributed by atoms with Crippen LogP contribution in [0.3, 0.4) is 0 Å². The van der Waals surface area contributed by atoms with Gasteiger partial charge in [-0.25, -0.2) is 14.5 Å². The summed E-state index contributed by atoms with van der Waals surface area (Å²) >= 11 is 12.7. The number of ether oxygens (including phenoxy) is 4. The van der Waals surface area contributed by atoms with Crippen LogP contribution in [0.2, 0.25) is 10.0 Å². The lowest BCUT2D eigenvalue weighted by Crippen LogP contribution is -2.46. The Bertz CT molecular complexity index is 1550. The van der Waals surface area contributed by atoms with Gasteiger partial charge >= 0.3 is 6.09 Å². The zero-order chi connectivity index (χ0) is 30.5. The zero-order valence-corrected chi connectivity index (χ0v) is 25.6. The highest BCUT2D eigenvalue weighted by Gasteiger charge is 2.45. The van der Waals surface area contributed by atoms with E-state index in [-0.39, 0.29) is 12.6 Å². The maximum Gasteiger partial charge on any atom is 0.411 e. The second-order valence-corrected chi connectivity index (χ2v) is 11.3. The SMILES string of the molecule is COC(=O)Nc1ccc(N2CCN(c3ccc(OCC4COC(Cn5cncn5)(c5ccc(Cl)cc5Cl)O4)cc3)CC2)cc1. The largest absolute Gasteiger partial charge is 0.491 e. The van der Waals surface area contributed by atoms with Gasteiger partial charge in [-0.05, 0) is 60.7 Å². The third-order valence-corrected chi connectivity index (χ3v) is 8.17. The van der Waals surface area contributed by atoms with E-state index in [4.69, 9.17) is 37.4 Å². The summed E-state index contributed by atoms with van der Waals surface area (Å²) in [6.45, 7) is 4.43. The Hall–Kier alpha value is -4.03. The van der Waals surface area contributed by atoms with Gasteiger partial charge in [-0.1, -0.05) is 29.3 Å². The van der Waals surface area contributed by atoms with Gasteiger partial charge in [0.05, 0.1) is 18.7 Å². The van der Waals surface area contributed by atoms with Gasteiger partial charge < -0.3 is 28.7 Å². The number of carbonyl (C=O) groups excluding carboxylic acids is 1. The van der Waals surface area contributed by atoms with Crippen LogP contribution in [-0.4, -0.2) is 73.5 Å². The first-order chi connectivity index (χ1) is 21.4. The standard InChI is InChI=1S/C31H32Cl2N6O5/c1-41-30(40)36-23-3-5-24(6-4-23)37-12-14-38(15-13-37)25-7-9-26(10-8-25)42-17-27-18-43-31(44-27,19-39-21-34-20-35-39)28-11-2-22(32)16-29(28)33/h2-11,16,20-21,27H,12-15,17-19H2,1H3,(H,36,40). The molecule has 2 atom stereocenters. The van der Waals surface area contributed by atoms with E-state index in [2.05, 4.69) is 42.1 Å². The van der Waals surface area contributed by atoms with E-state index in [1.54, 1.807) is 23.1 Å². The highest BCUT2D eigenvalue weighted by molar-refractivity contribution is 6.35. The Morgan fingerprint density at radius 3 is 2.30 bits per heavy atom. The van der Waals surface area contributed by atoms with E-state index in [0.29, 0.717) is 34.5 Å². The first-order valence-corrected chi connectivity index (χ1v) is 14.9. The van der Waals surface area contributed by atoms with Crippen LogP contribution in [0.5, 0.6) is 5.75 Å². The van der Waals surface area contributed by atoms with Crippen LogP contribution in [0.15, 0.2) is 79.4 Å². The minimum atomic E-state index is -1.16. The molecule has 3 heterocycles. The maximum absolute atomic E-state index is 11.4. The average Bonchev–Trinajstić information content (AvgIpc) is 3.71. The van der Waals surface area contributed by atoms with Crippen molar-refractivity contribution in [1.29, 1.82) is 0 Å². The number of anilines is 3. The molecule has 230 valence electrons. The van der Waals surface area contributed by atoms with Crippen LogP contribution in [-0.2, 0) is 26.5 Å². The molecule has 44 heavy (non-hydrogen) atoms. The third-order valence-electron chi connectivity index (χ3n) is 7.62. The van der Waals surface area contributed by atoms with Crippen LogP contribution in [0.25, 0.3) is 0 Å². The van der Waals surface area contributed by atoms with E-state index in [9.17, 15) is 4.79 Å². The number of rotatable bonds is 9. The molecular weight excluding hydrogens is 607 g/mol. The molecule has 1 amide bonds. The third kappa shape index (κ3) is 6.86. The predicted octanol–water partition coefficient (Wildman–Crippen LogP) is 5.44. The number of piperazine rings is 1. The van der Waals surface area contributed by atoms with Gasteiger partial charge in [0, 0.05) is 53.8 Å². The molecule has 1 N–H and O–H groups in total. The molecule has 0 spiro atoms. The molecular formula is C31H32Cl2N6O5. The lowest BCUT2D eigenvalue weighted by molar-refractivity contribution is -0.190. The fourth-order valence-corrected chi connectivity index (χ4v) is 5.92. The maximum atomic E-state index is 11.4. The van der Waals surface area contributed by atoms with Crippen molar-refractivity contribution in [2.24, 2.45) is 0 Å². The van der Waals surface area contributed by atoms with Crippen molar-refractivity contribution < 1.29 is 23.7 Å². The fraction of sp³-hybridized carbons (Fsp3) is 0.323. The van der Waals surface area contributed by atoms with Gasteiger partial charge in [0.15, 0.2) is 0 Å². The molecule has 3 aromatic carbocycles. The number of hydrogen-bond acceptors (Lipinski definition) is 9. The number of hydrogen-bond donors (Lipinski definition) is 1. The molecule has 2 aliphatic rings. The highest BCUT2D eigenvalue weighted by Crippen LogP contribution is 2.40. The molecule has 2 unspecified atom stereocenters. The van der Waals surface area contributed by atoms with Crippen LogP contribution >= 0.6 is 23.2 Å². The normalized spacial score (nSPS) is 20.0. The topological polar surface area (TPSA) is 103 Å². The van der Waals surface area contributed by atoms with Crippen molar-refractivity contribution in [2.75, 3.05) is 61.6 Å². The van der Waals surface area contributed by atoms with Crippen molar-refractivity contribution in [1.82, 2.24) is 14.8 Å². The minimum Gasteiger partial charge on any atom is -0.491 e. The second kappa shape index (κ2) is 13.3. The lowest BCUT2D eigenvalue weighted by atomic mass is 10.1. The average molecular weight is 640 g/mol. The van der Waals surface area contributed by atoms with Crippen molar-refractivity contribution in [2.45, 2.75) is 18.4 Å². The summed E-state index contributed by atoms with van der Waals surface area (Å²) in [7, 11) is 1.35. The van der Waals surface area contributed by atoms with Crippen molar-refractivity contribution in [3.05, 3.63) is 95.0 Å². The number of nitrogens with zero attached hydrogens (tertiary/aromatic N) is 5. The van der Waals surface area contributed by atoms with Gasteiger partial charge in [-0.15, -0.1) is 0 Å². The molecule has 0 bridgehead atoms. The summed E-state index contributed by atoms with van der Waals surface area (Å²) in [5.41, 5.74) is 3.62. The first-order valence-electron chi connectivity index (χ1n) is 14.2. The summed E-state index contributed by atoms with van der Waals surface area (Å²) in [4.78, 5) is 20.1. The molecule has 11 nitrogen and oxygen atoms in total. The highest BCUT2D eigenvalue weighted by atomic mass is 35.5. The number of aromatic nitrogens is 3. The van der Waals surface area contributed by atoms with E-state index >= 15 is 0 Å². The second-order valence-electron chi connectivity index (χ2n) is 10.5. The molecule has 2 saturated heterocycles. The molecule has 1 aromatic heterocycles. The van der Waals surface area contributed by atoms with Gasteiger partial charge in [0.25, 0.3) is 0 Å². The van der Waals surface area contributed by atoms with Gasteiger partial charge in [0.2, 0.25) is 5.79 Å². The van der Waals surface area contributed by atoms with Crippen molar-refractivity contribution in [3.63, 3.8) is 0 Å². The number of halogens is 2. The van der Waals surface area contributed by atoms with E-state index in [1.165, 1.54) is 13.4 Å². The summed E-state index contributed by atoms with van der Waals surface area (Å²) < 4.78 is 25.1. The number of carbonyl (C=O) groups is 1. The number of methoxy groups -OCH3 is 1. The van der Waals surface area contributed by atoms with Gasteiger partial charge in [-0.3, -0.25) is 5.32 Å².